The third-order valence-electron chi connectivity index (χ3n) is 8.28. The Labute approximate surface area is 263 Å². The molecule has 2 aromatic carbocycles. The first kappa shape index (κ1) is 31.5. The molecule has 1 saturated heterocycles. The highest BCUT2D eigenvalue weighted by atomic mass is 35.5. The predicted molar refractivity (Wildman–Crippen MR) is 174 cm³/mol. The van der Waals surface area contributed by atoms with E-state index < -0.39 is 11.7 Å². The minimum Gasteiger partial charge on any atom is -0.462 e. The van der Waals surface area contributed by atoms with E-state index in [1.54, 1.807) is 0 Å². The average Bonchev–Trinajstić information content (AvgIpc) is 3.42. The summed E-state index contributed by atoms with van der Waals surface area (Å²) in [6, 6.07) is 12.4. The van der Waals surface area contributed by atoms with Crippen LogP contribution in [-0.2, 0) is 11.2 Å². The Bertz CT molecular complexity index is 1630. The molecule has 5 rings (SSSR count). The van der Waals surface area contributed by atoms with Crippen LogP contribution in [0.15, 0.2) is 66.0 Å². The molecule has 232 valence electrons. The van der Waals surface area contributed by atoms with E-state index in [0.29, 0.717) is 48.6 Å². The van der Waals surface area contributed by atoms with Gasteiger partial charge in [0.05, 0.1) is 5.56 Å². The molecule has 1 atom stereocenters. The number of anilines is 1. The molecule has 2 aliphatic rings. The number of carbonyl (C=O) groups excluding carboxylic acids is 1. The first-order valence-electron chi connectivity index (χ1n) is 14.9. The van der Waals surface area contributed by atoms with Crippen LogP contribution in [0.2, 0.25) is 5.02 Å². The molecule has 8 nitrogen and oxygen atoms in total. The van der Waals surface area contributed by atoms with E-state index in [1.807, 2.05) is 68.1 Å². The van der Waals surface area contributed by atoms with E-state index in [1.165, 1.54) is 0 Å². The van der Waals surface area contributed by atoms with Crippen molar-refractivity contribution in [2.45, 2.75) is 46.1 Å². The van der Waals surface area contributed by atoms with Crippen LogP contribution in [0.3, 0.4) is 0 Å². The lowest BCUT2D eigenvalue weighted by molar-refractivity contribution is -0.118. The van der Waals surface area contributed by atoms with Gasteiger partial charge in [0.15, 0.2) is 5.83 Å². The predicted octanol–water partition coefficient (Wildman–Crippen LogP) is 6.49. The van der Waals surface area contributed by atoms with Crippen molar-refractivity contribution in [3.8, 4) is 11.9 Å². The number of nitrogens with zero attached hydrogens (tertiary/aromatic N) is 4. The second-order valence-electron chi connectivity index (χ2n) is 11.5. The van der Waals surface area contributed by atoms with Crippen molar-refractivity contribution in [1.29, 1.82) is 0 Å². The first-order chi connectivity index (χ1) is 21.2. The molecule has 1 N–H and O–H groups in total. The zero-order valence-electron chi connectivity index (χ0n) is 25.8. The largest absolute Gasteiger partial charge is 0.462 e. The Morgan fingerprint density at radius 3 is 2.77 bits per heavy atom. The van der Waals surface area contributed by atoms with Crippen LogP contribution in [0.1, 0.15) is 44.7 Å². The molecule has 0 aliphatic carbocycles. The average molecular weight is 620 g/mol. The number of fused-ring (bicyclic) bond motifs is 2. The number of likely N-dealkylation sites (N-methyl/N-ethyl adjacent to an activating group) is 1. The number of benzene rings is 2. The standard InChI is InChI=1S/C34H39ClFN5O3/c1-6-21(2)19-41(17-15-37-32(42)23(4)36)31-27-18-22(3)30(26-13-7-10-24-11-8-14-28(35)29(24)26)44-33(27)39-34(38-31)43-20-25-12-9-16-40(25)5/h6-8,10-11,13-14,25H,4,9,12,15-20H2,1-3,5H3,(H,37,42)/b21-6-/t25-/m0/s1. The maximum Gasteiger partial charge on any atom is 0.321 e. The number of rotatable bonds is 11. The van der Waals surface area contributed by atoms with Crippen molar-refractivity contribution in [1.82, 2.24) is 20.2 Å². The SMILES string of the molecule is C=C(F)C(=O)NCCN(C/C(C)=C\C)c1nc(OC[C@@H]2CCCN2C)nc2c1CC(C)=C(c1cccc3cccc(Cl)c13)O2. The van der Waals surface area contributed by atoms with Gasteiger partial charge in [-0.2, -0.15) is 9.97 Å². The number of nitrogens with one attached hydrogen (secondary N) is 1. The molecule has 3 heterocycles. The van der Waals surface area contributed by atoms with E-state index in [2.05, 4.69) is 23.8 Å². The summed E-state index contributed by atoms with van der Waals surface area (Å²) in [5.74, 6) is -0.0920. The number of hydrogen-bond acceptors (Lipinski definition) is 7. The summed E-state index contributed by atoms with van der Waals surface area (Å²) in [5, 5.41) is 5.17. The molecule has 0 radical (unpaired) electrons. The maximum absolute atomic E-state index is 13.4. The quantitative estimate of drug-likeness (QED) is 0.194. The van der Waals surface area contributed by atoms with Gasteiger partial charge in [0.1, 0.15) is 18.2 Å². The van der Waals surface area contributed by atoms with Gasteiger partial charge in [0.25, 0.3) is 5.91 Å². The number of halogens is 2. The Kier molecular flexibility index (Phi) is 9.86. The second-order valence-corrected chi connectivity index (χ2v) is 11.9. The van der Waals surface area contributed by atoms with Crippen molar-refractivity contribution in [2.24, 2.45) is 0 Å². The van der Waals surface area contributed by atoms with Crippen LogP contribution in [-0.4, -0.2) is 66.7 Å². The van der Waals surface area contributed by atoms with Crippen molar-refractivity contribution in [2.75, 3.05) is 44.7 Å². The Morgan fingerprint density at radius 1 is 1.30 bits per heavy atom. The number of hydrogen-bond donors (Lipinski definition) is 1. The van der Waals surface area contributed by atoms with Gasteiger partial charge in [-0.05, 0) is 64.2 Å². The van der Waals surface area contributed by atoms with Gasteiger partial charge in [-0.1, -0.05) is 60.2 Å². The molecule has 3 aromatic rings. The molecule has 1 amide bonds. The van der Waals surface area contributed by atoms with Crippen LogP contribution in [0.5, 0.6) is 11.9 Å². The van der Waals surface area contributed by atoms with Crippen molar-refractivity contribution in [3.05, 3.63) is 82.2 Å². The van der Waals surface area contributed by atoms with Gasteiger partial charge in [-0.15, -0.1) is 0 Å². The number of ether oxygens (including phenoxy) is 2. The summed E-state index contributed by atoms with van der Waals surface area (Å²) in [6.07, 6.45) is 4.73. The summed E-state index contributed by atoms with van der Waals surface area (Å²) >= 11 is 6.69. The Hall–Kier alpha value is -3.95. The summed E-state index contributed by atoms with van der Waals surface area (Å²) in [6.45, 7) is 11.7. The van der Waals surface area contributed by atoms with Crippen LogP contribution >= 0.6 is 11.6 Å². The summed E-state index contributed by atoms with van der Waals surface area (Å²) in [4.78, 5) is 25.9. The molecule has 10 heteroatoms. The Morgan fingerprint density at radius 2 is 2.07 bits per heavy atom. The summed E-state index contributed by atoms with van der Waals surface area (Å²) in [7, 11) is 2.10. The number of carbonyl (C=O) groups is 1. The van der Waals surface area contributed by atoms with Crippen molar-refractivity contribution in [3.63, 3.8) is 0 Å². The second kappa shape index (κ2) is 13.8. The lowest BCUT2D eigenvalue weighted by Crippen LogP contribution is -2.37. The molecular weight excluding hydrogens is 581 g/mol. The van der Waals surface area contributed by atoms with E-state index in [-0.39, 0.29) is 18.6 Å². The molecule has 2 aliphatic heterocycles. The zero-order valence-corrected chi connectivity index (χ0v) is 26.5. The van der Waals surface area contributed by atoms with Crippen LogP contribution in [0, 0.1) is 0 Å². The van der Waals surface area contributed by atoms with E-state index in [0.717, 1.165) is 52.4 Å². The van der Waals surface area contributed by atoms with Gasteiger partial charge in [-0.3, -0.25) is 4.79 Å². The van der Waals surface area contributed by atoms with Crippen LogP contribution in [0.25, 0.3) is 16.5 Å². The van der Waals surface area contributed by atoms with Gasteiger partial charge in [0, 0.05) is 48.1 Å². The molecule has 0 saturated carbocycles. The number of allylic oxidation sites excluding steroid dienone is 2. The highest BCUT2D eigenvalue weighted by molar-refractivity contribution is 6.36. The van der Waals surface area contributed by atoms with E-state index in [9.17, 15) is 9.18 Å². The number of amides is 1. The normalized spacial score (nSPS) is 17.0. The van der Waals surface area contributed by atoms with Gasteiger partial charge >= 0.3 is 6.01 Å². The van der Waals surface area contributed by atoms with Crippen LogP contribution in [0.4, 0.5) is 10.2 Å². The fourth-order valence-electron chi connectivity index (χ4n) is 5.71. The third-order valence-corrected chi connectivity index (χ3v) is 8.59. The lowest BCUT2D eigenvalue weighted by atomic mass is 9.96. The fourth-order valence-corrected chi connectivity index (χ4v) is 5.99. The summed E-state index contributed by atoms with van der Waals surface area (Å²) in [5.41, 5.74) is 3.81. The summed E-state index contributed by atoms with van der Waals surface area (Å²) < 4.78 is 26.2. The highest BCUT2D eigenvalue weighted by Gasteiger charge is 2.29. The minimum atomic E-state index is -1.02. The molecule has 44 heavy (non-hydrogen) atoms. The van der Waals surface area contributed by atoms with Crippen molar-refractivity contribution >= 4 is 39.9 Å². The van der Waals surface area contributed by atoms with E-state index >= 15 is 0 Å². The van der Waals surface area contributed by atoms with E-state index in [4.69, 9.17) is 31.0 Å². The number of likely N-dealkylation sites (tertiary alicyclic amines) is 1. The van der Waals surface area contributed by atoms with Crippen LogP contribution < -0.4 is 19.7 Å². The Balaban J connectivity index is 1.55. The fraction of sp³-hybridized carbons (Fsp3) is 0.382. The maximum atomic E-state index is 13.4. The molecule has 0 spiro atoms. The lowest BCUT2D eigenvalue weighted by Gasteiger charge is -2.30. The third kappa shape index (κ3) is 6.89. The number of aromatic nitrogens is 2. The van der Waals surface area contributed by atoms with Gasteiger partial charge in [0.2, 0.25) is 5.88 Å². The first-order valence-corrected chi connectivity index (χ1v) is 15.3. The molecule has 1 aromatic heterocycles. The van der Waals surface area contributed by atoms with Crippen molar-refractivity contribution < 1.29 is 18.7 Å². The molecule has 0 bridgehead atoms. The topological polar surface area (TPSA) is 79.8 Å². The molecule has 1 fully saturated rings. The molecular formula is C34H39ClFN5O3. The smallest absolute Gasteiger partial charge is 0.321 e. The van der Waals surface area contributed by atoms with Gasteiger partial charge in [-0.25, -0.2) is 4.39 Å². The molecule has 0 unspecified atom stereocenters. The monoisotopic (exact) mass is 619 g/mol. The highest BCUT2D eigenvalue weighted by Crippen LogP contribution is 2.41. The zero-order chi connectivity index (χ0) is 31.4. The minimum absolute atomic E-state index is 0.191. The van der Waals surface area contributed by atoms with Gasteiger partial charge < -0.3 is 24.6 Å².